The number of carbonyl (C=O) groups excluding carboxylic acids is 1. The first-order chi connectivity index (χ1) is 11.3. The summed E-state index contributed by atoms with van der Waals surface area (Å²) >= 11 is 0. The molecule has 2 aromatic rings. The van der Waals surface area contributed by atoms with E-state index in [1.54, 1.807) is 24.3 Å². The fraction of sp³-hybridized carbons (Fsp3) is 0.235. The Morgan fingerprint density at radius 3 is 2.42 bits per heavy atom. The lowest BCUT2D eigenvalue weighted by atomic mass is 10.2. The topological polar surface area (TPSA) is 98.5 Å². The Hall–Kier alpha value is -2.38. The highest BCUT2D eigenvalue weighted by atomic mass is 32.2. The van der Waals surface area contributed by atoms with Crippen molar-refractivity contribution in [2.45, 2.75) is 18.7 Å². The molecule has 0 aromatic heterocycles. The van der Waals surface area contributed by atoms with Crippen molar-refractivity contribution >= 4 is 21.6 Å². The summed E-state index contributed by atoms with van der Waals surface area (Å²) in [4.78, 5) is 12.3. The molecule has 0 aliphatic carbocycles. The van der Waals surface area contributed by atoms with E-state index in [0.29, 0.717) is 29.5 Å². The van der Waals surface area contributed by atoms with Gasteiger partial charge >= 0.3 is 0 Å². The van der Waals surface area contributed by atoms with Crippen LogP contribution in [0, 0.1) is 5.92 Å². The second-order valence-electron chi connectivity index (χ2n) is 5.76. The molecule has 0 spiro atoms. The Balaban J connectivity index is 2.08. The van der Waals surface area contributed by atoms with E-state index < -0.39 is 10.0 Å². The van der Waals surface area contributed by atoms with Gasteiger partial charge in [-0.15, -0.1) is 0 Å². The smallest absolute Gasteiger partial charge is 0.255 e. The highest BCUT2D eigenvalue weighted by molar-refractivity contribution is 7.89. The number of anilines is 1. The van der Waals surface area contributed by atoms with Crippen LogP contribution in [0.1, 0.15) is 24.2 Å². The Kier molecular flexibility index (Phi) is 5.58. The zero-order valence-corrected chi connectivity index (χ0v) is 14.3. The third-order valence-corrected chi connectivity index (χ3v) is 4.05. The lowest BCUT2D eigenvalue weighted by Gasteiger charge is -2.10. The van der Waals surface area contributed by atoms with Gasteiger partial charge in [-0.05, 0) is 48.4 Å². The number of ether oxygens (including phenoxy) is 1. The molecule has 2 rings (SSSR count). The van der Waals surface area contributed by atoms with Crippen LogP contribution in [-0.4, -0.2) is 20.9 Å². The van der Waals surface area contributed by atoms with Gasteiger partial charge in [-0.1, -0.05) is 19.9 Å². The van der Waals surface area contributed by atoms with Crippen molar-refractivity contribution in [3.05, 3.63) is 54.1 Å². The molecule has 0 bridgehead atoms. The van der Waals surface area contributed by atoms with Crippen LogP contribution in [0.2, 0.25) is 0 Å². The third-order valence-electron chi connectivity index (χ3n) is 3.12. The molecule has 7 heteroatoms. The lowest BCUT2D eigenvalue weighted by molar-refractivity contribution is 0.102. The number of sulfonamides is 1. The van der Waals surface area contributed by atoms with E-state index >= 15 is 0 Å². The van der Waals surface area contributed by atoms with Crippen molar-refractivity contribution < 1.29 is 17.9 Å². The molecule has 1 amide bonds. The number of benzene rings is 2. The number of rotatable bonds is 6. The van der Waals surface area contributed by atoms with Gasteiger partial charge in [0.25, 0.3) is 5.91 Å². The van der Waals surface area contributed by atoms with Gasteiger partial charge in [0.05, 0.1) is 11.5 Å². The number of carbonyl (C=O) groups is 1. The molecule has 0 atom stereocenters. The van der Waals surface area contributed by atoms with Crippen molar-refractivity contribution in [1.29, 1.82) is 0 Å². The van der Waals surface area contributed by atoms with E-state index in [-0.39, 0.29) is 10.8 Å². The van der Waals surface area contributed by atoms with Gasteiger partial charge in [0.15, 0.2) is 0 Å². The minimum atomic E-state index is -3.75. The summed E-state index contributed by atoms with van der Waals surface area (Å²) in [5, 5.41) is 7.74. The summed E-state index contributed by atoms with van der Waals surface area (Å²) in [5.74, 6) is 0.703. The van der Waals surface area contributed by atoms with Crippen LogP contribution in [0.5, 0.6) is 5.75 Å². The maximum atomic E-state index is 12.3. The molecule has 2 aromatic carbocycles. The lowest BCUT2D eigenvalue weighted by Crippen LogP contribution is -2.14. The molecule has 0 aliphatic heterocycles. The molecular weight excluding hydrogens is 328 g/mol. The molecule has 128 valence electrons. The Morgan fingerprint density at radius 2 is 1.83 bits per heavy atom. The van der Waals surface area contributed by atoms with Crippen LogP contribution in [0.15, 0.2) is 53.4 Å². The number of hydrogen-bond acceptors (Lipinski definition) is 4. The molecule has 3 N–H and O–H groups in total. The van der Waals surface area contributed by atoms with E-state index in [9.17, 15) is 13.2 Å². The molecule has 24 heavy (non-hydrogen) atoms. The first-order valence-electron chi connectivity index (χ1n) is 7.43. The second-order valence-corrected chi connectivity index (χ2v) is 7.32. The molecule has 0 heterocycles. The maximum Gasteiger partial charge on any atom is 0.255 e. The van der Waals surface area contributed by atoms with Crippen molar-refractivity contribution in [2.24, 2.45) is 11.1 Å². The van der Waals surface area contributed by atoms with Crippen LogP contribution in [-0.2, 0) is 10.0 Å². The average Bonchev–Trinajstić information content (AvgIpc) is 2.53. The third kappa shape index (κ3) is 5.07. The van der Waals surface area contributed by atoms with Crippen molar-refractivity contribution in [1.82, 2.24) is 0 Å². The predicted molar refractivity (Wildman–Crippen MR) is 92.5 cm³/mol. The average molecular weight is 348 g/mol. The van der Waals surface area contributed by atoms with Gasteiger partial charge in [0.2, 0.25) is 10.0 Å². The van der Waals surface area contributed by atoms with Gasteiger partial charge < -0.3 is 10.1 Å². The molecule has 0 unspecified atom stereocenters. The van der Waals surface area contributed by atoms with Crippen molar-refractivity contribution in [3.8, 4) is 5.75 Å². The molecule has 6 nitrogen and oxygen atoms in total. The van der Waals surface area contributed by atoms with Gasteiger partial charge in [-0.3, -0.25) is 4.79 Å². The van der Waals surface area contributed by atoms with Crippen LogP contribution in [0.25, 0.3) is 0 Å². The summed E-state index contributed by atoms with van der Waals surface area (Å²) in [5.41, 5.74) is 0.924. The molecule has 0 saturated carbocycles. The number of nitrogens with one attached hydrogen (secondary N) is 1. The van der Waals surface area contributed by atoms with Crippen LogP contribution in [0.3, 0.4) is 0 Å². The largest absolute Gasteiger partial charge is 0.493 e. The minimum absolute atomic E-state index is 0.00965. The van der Waals surface area contributed by atoms with Crippen molar-refractivity contribution in [2.75, 3.05) is 11.9 Å². The number of nitrogens with two attached hydrogens (primary N) is 1. The van der Waals surface area contributed by atoms with E-state index in [1.807, 2.05) is 13.8 Å². The Morgan fingerprint density at radius 1 is 1.17 bits per heavy atom. The summed E-state index contributed by atoms with van der Waals surface area (Å²) in [6.07, 6.45) is 0. The molecular formula is C17H20N2O4S. The summed E-state index contributed by atoms with van der Waals surface area (Å²) in [6, 6.07) is 12.5. The fourth-order valence-corrected chi connectivity index (χ4v) is 2.44. The number of primary sulfonamides is 1. The summed E-state index contributed by atoms with van der Waals surface area (Å²) < 4.78 is 28.0. The Labute approximate surface area is 141 Å². The van der Waals surface area contributed by atoms with Crippen LogP contribution < -0.4 is 15.2 Å². The number of amides is 1. The van der Waals surface area contributed by atoms with E-state index in [1.165, 1.54) is 24.3 Å². The highest BCUT2D eigenvalue weighted by Crippen LogP contribution is 2.17. The number of hydrogen-bond donors (Lipinski definition) is 2. The first-order valence-corrected chi connectivity index (χ1v) is 8.97. The van der Waals surface area contributed by atoms with E-state index in [0.717, 1.165) is 0 Å². The predicted octanol–water partition coefficient (Wildman–Crippen LogP) is 2.62. The van der Waals surface area contributed by atoms with E-state index in [4.69, 9.17) is 9.88 Å². The molecule has 0 fully saturated rings. The second kappa shape index (κ2) is 7.46. The monoisotopic (exact) mass is 348 g/mol. The zero-order chi connectivity index (χ0) is 17.7. The van der Waals surface area contributed by atoms with Crippen molar-refractivity contribution in [3.63, 3.8) is 0 Å². The molecule has 0 saturated heterocycles. The van der Waals surface area contributed by atoms with Gasteiger partial charge in [0.1, 0.15) is 5.75 Å². The Bertz CT molecular complexity index is 815. The summed E-state index contributed by atoms with van der Waals surface area (Å²) in [7, 11) is -3.75. The quantitative estimate of drug-likeness (QED) is 0.838. The van der Waals surface area contributed by atoms with Crippen LogP contribution in [0.4, 0.5) is 5.69 Å². The SMILES string of the molecule is CC(C)COc1cccc(C(=O)Nc2ccc(S(N)(=O)=O)cc2)c1. The molecule has 0 radical (unpaired) electrons. The summed E-state index contributed by atoms with van der Waals surface area (Å²) in [6.45, 7) is 4.66. The van der Waals surface area contributed by atoms with Gasteiger partial charge in [-0.2, -0.15) is 0 Å². The maximum absolute atomic E-state index is 12.3. The fourth-order valence-electron chi connectivity index (χ4n) is 1.92. The standard InChI is InChI=1S/C17H20N2O4S/c1-12(2)11-23-15-5-3-4-13(10-15)17(20)19-14-6-8-16(9-7-14)24(18,21)22/h3-10,12H,11H2,1-2H3,(H,19,20)(H2,18,21,22). The van der Waals surface area contributed by atoms with Gasteiger partial charge in [-0.25, -0.2) is 13.6 Å². The normalized spacial score (nSPS) is 11.3. The molecule has 0 aliphatic rings. The zero-order valence-electron chi connectivity index (χ0n) is 13.5. The van der Waals surface area contributed by atoms with Gasteiger partial charge in [0, 0.05) is 11.3 Å². The highest BCUT2D eigenvalue weighted by Gasteiger charge is 2.10. The van der Waals surface area contributed by atoms with E-state index in [2.05, 4.69) is 5.32 Å². The van der Waals surface area contributed by atoms with Crippen LogP contribution >= 0.6 is 0 Å². The first kappa shape index (κ1) is 18.0. The minimum Gasteiger partial charge on any atom is -0.493 e.